The minimum Gasteiger partial charge on any atom is -0.398 e. The second-order valence-electron chi connectivity index (χ2n) is 4.42. The number of benzene rings is 1. The Morgan fingerprint density at radius 2 is 2.00 bits per heavy atom. The van der Waals surface area contributed by atoms with E-state index in [0.717, 1.165) is 5.56 Å². The lowest BCUT2D eigenvalue weighted by molar-refractivity contribution is 0.565. The first-order valence-corrected chi connectivity index (χ1v) is 6.92. The lowest BCUT2D eigenvalue weighted by atomic mass is 10.2. The van der Waals surface area contributed by atoms with Crippen LogP contribution in [0.5, 0.6) is 0 Å². The lowest BCUT2D eigenvalue weighted by Crippen LogP contribution is -2.32. The highest BCUT2D eigenvalue weighted by molar-refractivity contribution is 7.90. The number of anilines is 2. The van der Waals surface area contributed by atoms with Crippen LogP contribution in [-0.4, -0.2) is 15.0 Å². The lowest BCUT2D eigenvalue weighted by Gasteiger charge is -2.11. The molecule has 1 aromatic rings. The number of rotatable bonds is 5. The van der Waals surface area contributed by atoms with E-state index in [9.17, 15) is 8.42 Å². The van der Waals surface area contributed by atoms with Gasteiger partial charge in [-0.1, -0.05) is 19.9 Å². The van der Waals surface area contributed by atoms with Crippen molar-refractivity contribution in [1.29, 1.82) is 0 Å². The second kappa shape index (κ2) is 5.37. The van der Waals surface area contributed by atoms with Crippen LogP contribution in [0.4, 0.5) is 11.4 Å². The molecule has 5 nitrogen and oxygen atoms in total. The monoisotopic (exact) mass is 257 g/mol. The van der Waals surface area contributed by atoms with Gasteiger partial charge < -0.3 is 5.73 Å². The Bertz CT molecular complexity index is 483. The minimum atomic E-state index is -3.51. The average Bonchev–Trinajstić information content (AvgIpc) is 2.21. The molecular weight excluding hydrogens is 238 g/mol. The quantitative estimate of drug-likeness (QED) is 0.698. The van der Waals surface area contributed by atoms with Crippen LogP contribution in [0.1, 0.15) is 19.4 Å². The Kier molecular flexibility index (Phi) is 4.36. The van der Waals surface area contributed by atoms with E-state index < -0.39 is 10.2 Å². The van der Waals surface area contributed by atoms with Gasteiger partial charge in [-0.15, -0.1) is 0 Å². The van der Waals surface area contributed by atoms with Gasteiger partial charge in [0.25, 0.3) is 10.2 Å². The zero-order valence-electron chi connectivity index (χ0n) is 10.3. The van der Waals surface area contributed by atoms with Crippen molar-refractivity contribution in [2.24, 2.45) is 5.92 Å². The maximum Gasteiger partial charge on any atom is 0.299 e. The van der Waals surface area contributed by atoms with E-state index in [4.69, 9.17) is 5.73 Å². The third-order valence-electron chi connectivity index (χ3n) is 2.21. The Balaban J connectivity index is 2.73. The topological polar surface area (TPSA) is 84.2 Å². The van der Waals surface area contributed by atoms with Gasteiger partial charge in [-0.05, 0) is 30.5 Å². The smallest absolute Gasteiger partial charge is 0.299 e. The summed E-state index contributed by atoms with van der Waals surface area (Å²) in [6, 6.07) is 5.06. The van der Waals surface area contributed by atoms with Gasteiger partial charge in [0.1, 0.15) is 0 Å². The van der Waals surface area contributed by atoms with Gasteiger partial charge in [0.15, 0.2) is 0 Å². The van der Waals surface area contributed by atoms with Crippen molar-refractivity contribution in [3.63, 3.8) is 0 Å². The fourth-order valence-electron chi connectivity index (χ4n) is 1.17. The molecule has 0 spiro atoms. The highest BCUT2D eigenvalue weighted by atomic mass is 32.2. The highest BCUT2D eigenvalue weighted by Crippen LogP contribution is 2.17. The van der Waals surface area contributed by atoms with Crippen LogP contribution < -0.4 is 15.2 Å². The fourth-order valence-corrected chi connectivity index (χ4v) is 2.23. The summed E-state index contributed by atoms with van der Waals surface area (Å²) in [6.45, 7) is 6.14. The van der Waals surface area contributed by atoms with Crippen LogP contribution in [0.3, 0.4) is 0 Å². The Labute approximate surface area is 103 Å². The number of hydrogen-bond donors (Lipinski definition) is 3. The Morgan fingerprint density at radius 1 is 1.35 bits per heavy atom. The maximum absolute atomic E-state index is 11.6. The Hall–Kier alpha value is -1.27. The summed E-state index contributed by atoms with van der Waals surface area (Å²) in [4.78, 5) is 0. The van der Waals surface area contributed by atoms with Gasteiger partial charge in [-0.25, -0.2) is 0 Å². The molecule has 1 rings (SSSR count). The van der Waals surface area contributed by atoms with Gasteiger partial charge in [0.2, 0.25) is 0 Å². The molecule has 0 bridgehead atoms. The molecule has 0 heterocycles. The van der Waals surface area contributed by atoms with Crippen molar-refractivity contribution in [2.45, 2.75) is 20.8 Å². The summed E-state index contributed by atoms with van der Waals surface area (Å²) < 4.78 is 28.2. The molecule has 0 unspecified atom stereocenters. The average molecular weight is 257 g/mol. The minimum absolute atomic E-state index is 0.259. The molecule has 0 radical (unpaired) electrons. The van der Waals surface area contributed by atoms with Crippen molar-refractivity contribution in [1.82, 2.24) is 4.72 Å². The molecular formula is C11H19N3O2S. The molecule has 6 heteroatoms. The number of nitrogen functional groups attached to an aromatic ring is 1. The highest BCUT2D eigenvalue weighted by Gasteiger charge is 2.10. The van der Waals surface area contributed by atoms with E-state index in [1.54, 1.807) is 18.2 Å². The molecule has 0 aliphatic carbocycles. The van der Waals surface area contributed by atoms with Crippen molar-refractivity contribution >= 4 is 21.6 Å². The van der Waals surface area contributed by atoms with Crippen LogP contribution in [0.15, 0.2) is 18.2 Å². The zero-order valence-corrected chi connectivity index (χ0v) is 11.1. The van der Waals surface area contributed by atoms with Crippen molar-refractivity contribution < 1.29 is 8.42 Å². The van der Waals surface area contributed by atoms with E-state index in [1.807, 2.05) is 20.8 Å². The zero-order chi connectivity index (χ0) is 13.1. The van der Waals surface area contributed by atoms with Crippen molar-refractivity contribution in [3.05, 3.63) is 23.8 Å². The summed E-state index contributed by atoms with van der Waals surface area (Å²) >= 11 is 0. The first kappa shape index (κ1) is 13.8. The van der Waals surface area contributed by atoms with E-state index in [2.05, 4.69) is 9.44 Å². The molecule has 1 aromatic carbocycles. The Morgan fingerprint density at radius 3 is 2.53 bits per heavy atom. The predicted molar refractivity (Wildman–Crippen MR) is 71.0 cm³/mol. The number of nitrogens with two attached hydrogens (primary N) is 1. The molecule has 0 saturated carbocycles. The molecule has 0 aliphatic rings. The SMILES string of the molecule is Cc1ccc(NS(=O)(=O)NCC(C)C)cc1N. The third kappa shape index (κ3) is 4.62. The standard InChI is InChI=1S/C11H19N3O2S/c1-8(2)7-13-17(15,16)14-10-5-4-9(3)11(12)6-10/h4-6,8,13-14H,7,12H2,1-3H3. The molecule has 0 atom stereocenters. The normalized spacial score (nSPS) is 11.8. The summed E-state index contributed by atoms with van der Waals surface area (Å²) in [6.07, 6.45) is 0. The van der Waals surface area contributed by atoms with E-state index in [1.165, 1.54) is 0 Å². The summed E-state index contributed by atoms with van der Waals surface area (Å²) in [5, 5.41) is 0. The number of aryl methyl sites for hydroxylation is 1. The molecule has 0 aromatic heterocycles. The summed E-state index contributed by atoms with van der Waals surface area (Å²) in [5.41, 5.74) is 7.65. The van der Waals surface area contributed by atoms with Crippen LogP contribution in [-0.2, 0) is 10.2 Å². The van der Waals surface area contributed by atoms with Gasteiger partial charge in [0, 0.05) is 12.2 Å². The summed E-state index contributed by atoms with van der Waals surface area (Å²) in [7, 11) is -3.51. The number of hydrogen-bond acceptors (Lipinski definition) is 3. The number of nitrogens with one attached hydrogen (secondary N) is 2. The van der Waals surface area contributed by atoms with Gasteiger partial charge in [-0.2, -0.15) is 13.1 Å². The molecule has 0 amide bonds. The van der Waals surface area contributed by atoms with E-state index >= 15 is 0 Å². The first-order chi connectivity index (χ1) is 7.80. The molecule has 0 fully saturated rings. The second-order valence-corrected chi connectivity index (χ2v) is 5.92. The molecule has 0 saturated heterocycles. The third-order valence-corrected chi connectivity index (χ3v) is 3.26. The van der Waals surface area contributed by atoms with Crippen LogP contribution in [0.2, 0.25) is 0 Å². The predicted octanol–water partition coefficient (Wildman–Crippen LogP) is 1.48. The van der Waals surface area contributed by atoms with Crippen LogP contribution >= 0.6 is 0 Å². The molecule has 17 heavy (non-hydrogen) atoms. The van der Waals surface area contributed by atoms with Gasteiger partial charge >= 0.3 is 0 Å². The largest absolute Gasteiger partial charge is 0.398 e. The fraction of sp³-hybridized carbons (Fsp3) is 0.455. The summed E-state index contributed by atoms with van der Waals surface area (Å²) in [5.74, 6) is 0.259. The van der Waals surface area contributed by atoms with Crippen LogP contribution in [0, 0.1) is 12.8 Å². The maximum atomic E-state index is 11.6. The first-order valence-electron chi connectivity index (χ1n) is 5.43. The van der Waals surface area contributed by atoms with Crippen molar-refractivity contribution in [2.75, 3.05) is 17.0 Å². The van der Waals surface area contributed by atoms with Gasteiger partial charge in [-0.3, -0.25) is 4.72 Å². The van der Waals surface area contributed by atoms with Crippen molar-refractivity contribution in [3.8, 4) is 0 Å². The molecule has 96 valence electrons. The molecule has 4 N–H and O–H groups in total. The van der Waals surface area contributed by atoms with Gasteiger partial charge in [0.05, 0.1) is 5.69 Å². The molecule has 0 aliphatic heterocycles. The van der Waals surface area contributed by atoms with E-state index in [0.29, 0.717) is 17.9 Å². The van der Waals surface area contributed by atoms with Crippen LogP contribution in [0.25, 0.3) is 0 Å². The van der Waals surface area contributed by atoms with E-state index in [-0.39, 0.29) is 5.92 Å².